The predicted octanol–water partition coefficient (Wildman–Crippen LogP) is 12.7. The van der Waals surface area contributed by atoms with Crippen LogP contribution in [0.5, 0.6) is 0 Å². The average Bonchev–Trinajstić information content (AvgIpc) is 3.57. The van der Waals surface area contributed by atoms with Crippen molar-refractivity contribution in [3.63, 3.8) is 0 Å². The molecular weight excluding hydrogens is 666 g/mol. The van der Waals surface area contributed by atoms with Crippen molar-refractivity contribution in [1.82, 2.24) is 5.32 Å². The van der Waals surface area contributed by atoms with Gasteiger partial charge in [0.2, 0.25) is 0 Å². The molecule has 0 spiro atoms. The summed E-state index contributed by atoms with van der Waals surface area (Å²) in [4.78, 5) is 0. The van der Waals surface area contributed by atoms with Crippen LogP contribution in [0.25, 0.3) is 10.6 Å². The molecule has 0 unspecified atom stereocenters. The van der Waals surface area contributed by atoms with Crippen molar-refractivity contribution in [3.05, 3.63) is 117 Å². The number of hydrogen-bond donors (Lipinski definition) is 1. The fraction of sp³-hybridized carbons (Fsp3) is 0.524. The van der Waals surface area contributed by atoms with E-state index in [4.69, 9.17) is 10.6 Å². The van der Waals surface area contributed by atoms with Gasteiger partial charge in [-0.1, -0.05) is 73.6 Å². The zero-order valence-electron chi connectivity index (χ0n) is 32.7. The van der Waals surface area contributed by atoms with Crippen molar-refractivity contribution in [3.8, 4) is 0 Å². The molecule has 3 aromatic rings. The third kappa shape index (κ3) is 13.2. The van der Waals surface area contributed by atoms with Crippen LogP contribution in [0.1, 0.15) is 86.9 Å². The summed E-state index contributed by atoms with van der Waals surface area (Å²) in [6, 6.07) is 9.87. The molecule has 1 aliphatic rings. The zero-order valence-corrected chi connectivity index (χ0v) is 36.2. The van der Waals surface area contributed by atoms with Crippen molar-refractivity contribution in [2.45, 2.75) is 120 Å². The normalized spacial score (nSPS) is 12.5. The Labute approximate surface area is 312 Å². The van der Waals surface area contributed by atoms with E-state index in [1.54, 1.807) is 0 Å². The number of hydrogen-bond acceptors (Lipinski definition) is 1. The van der Waals surface area contributed by atoms with Gasteiger partial charge >= 0.3 is 26.2 Å². The van der Waals surface area contributed by atoms with Gasteiger partial charge in [0.1, 0.15) is 0 Å². The molecule has 0 bridgehead atoms. The van der Waals surface area contributed by atoms with E-state index in [0.717, 1.165) is 37.3 Å². The number of nitrogens with zero attached hydrogens (tertiary/aromatic N) is 2. The Morgan fingerprint density at radius 3 is 1.17 bits per heavy atom. The topological polar surface area (TPSA) is 40.2 Å². The van der Waals surface area contributed by atoms with Gasteiger partial charge in [0, 0.05) is 8.07 Å². The van der Waals surface area contributed by atoms with Crippen molar-refractivity contribution in [1.29, 1.82) is 0 Å². The van der Waals surface area contributed by atoms with Gasteiger partial charge in [0.25, 0.3) is 0 Å². The molecule has 258 valence electrons. The molecule has 0 saturated heterocycles. The summed E-state index contributed by atoms with van der Waals surface area (Å²) >= 11 is 0. The Morgan fingerprint density at radius 1 is 0.596 bits per heavy atom. The fourth-order valence-electron chi connectivity index (χ4n) is 6.32. The van der Waals surface area contributed by atoms with E-state index in [1.165, 1.54) is 92.7 Å². The summed E-state index contributed by atoms with van der Waals surface area (Å²) in [7, 11) is -0.724. The average molecular weight is 733 g/mol. The number of benzene rings is 3. The van der Waals surface area contributed by atoms with Crippen LogP contribution < -0.4 is 5.32 Å². The minimum Gasteiger partial charge on any atom is -0.683 e. The van der Waals surface area contributed by atoms with E-state index in [1.807, 2.05) is 30.3 Å². The van der Waals surface area contributed by atoms with Gasteiger partial charge in [-0.3, -0.25) is 0 Å². The summed E-state index contributed by atoms with van der Waals surface area (Å²) in [5.41, 5.74) is 18.1. The first kappa shape index (κ1) is 45.2. The molecule has 3 aromatic carbocycles. The molecule has 1 saturated carbocycles. The van der Waals surface area contributed by atoms with Crippen LogP contribution in [0.3, 0.4) is 0 Å². The molecule has 3 nitrogen and oxygen atoms in total. The Morgan fingerprint density at radius 2 is 0.915 bits per heavy atom. The monoisotopic (exact) mass is 731 g/mol. The van der Waals surface area contributed by atoms with E-state index >= 15 is 0 Å². The summed E-state index contributed by atoms with van der Waals surface area (Å²) in [5.74, 6) is 0. The predicted molar refractivity (Wildman–Crippen MR) is 212 cm³/mol. The standard InChI is InChI=1S/C26H39N3.C8H18Si.C7H7.CH3.Zr/c1-15-17(3)21(7)25(22(8)18(15)4)28-13-11-27-12-14-29-26-23(9)19(5)16(2)20(6)24(26)10;1-9(2,3)8-6-4-5-7-8;1-7-5-3-2-4-6-7;;/h27H,11-14H2,1-10H3;8H,4-7H2,1-3H3;2-6H,1H2;1H3;/q-2;;2*-1;+4. The second-order valence-electron chi connectivity index (χ2n) is 14.3. The van der Waals surface area contributed by atoms with Crippen LogP contribution in [0.2, 0.25) is 25.2 Å². The molecule has 1 aliphatic carbocycles. The summed E-state index contributed by atoms with van der Waals surface area (Å²) in [5, 5.41) is 13.3. The fourth-order valence-corrected chi connectivity index (χ4v) is 8.46. The van der Waals surface area contributed by atoms with Crippen LogP contribution in [0, 0.1) is 83.6 Å². The first-order chi connectivity index (χ1) is 21.1. The maximum absolute atomic E-state index is 4.89. The smallest absolute Gasteiger partial charge is 0.683 e. The Hall–Kier alpha value is -1.81. The maximum Gasteiger partial charge on any atom is 4.00 e. The van der Waals surface area contributed by atoms with E-state index in [-0.39, 0.29) is 33.6 Å². The van der Waals surface area contributed by atoms with Crippen LogP contribution in [0.4, 0.5) is 11.4 Å². The maximum atomic E-state index is 4.89. The van der Waals surface area contributed by atoms with Gasteiger partial charge in [-0.25, -0.2) is 0 Å². The van der Waals surface area contributed by atoms with E-state index in [9.17, 15) is 0 Å². The molecule has 0 radical (unpaired) electrons. The molecule has 5 heteroatoms. The van der Waals surface area contributed by atoms with Crippen molar-refractivity contribution >= 4 is 19.4 Å². The quantitative estimate of drug-likeness (QED) is 0.133. The minimum atomic E-state index is -0.724. The minimum absolute atomic E-state index is 0. The second kappa shape index (κ2) is 21.3. The molecule has 0 amide bonds. The molecule has 0 aromatic heterocycles. The molecule has 47 heavy (non-hydrogen) atoms. The Kier molecular flexibility index (Phi) is 20.5. The van der Waals surface area contributed by atoms with Gasteiger partial charge in [0.15, 0.2) is 0 Å². The second-order valence-corrected chi connectivity index (χ2v) is 19.8. The van der Waals surface area contributed by atoms with Crippen LogP contribution in [0.15, 0.2) is 30.3 Å². The van der Waals surface area contributed by atoms with Gasteiger partial charge in [-0.05, 0) is 121 Å². The van der Waals surface area contributed by atoms with Crippen molar-refractivity contribution in [2.24, 2.45) is 0 Å². The number of nitrogens with one attached hydrogen (secondary N) is 1. The molecule has 0 heterocycles. The third-order valence-electron chi connectivity index (χ3n) is 10.5. The molecule has 4 rings (SSSR count). The summed E-state index contributed by atoms with van der Waals surface area (Å²) in [6.07, 6.45) is 6.09. The van der Waals surface area contributed by atoms with Gasteiger partial charge in [0.05, 0.1) is 0 Å². The molecule has 1 fully saturated rings. The molecule has 0 aliphatic heterocycles. The van der Waals surface area contributed by atoms with E-state index in [2.05, 4.69) is 101 Å². The SMILES string of the molecule is C[Si](C)(C)C1CCCC1.Cc1c(C)c(C)c([N-]CCNCC[N-]c2c(C)c(C)c(C)c(C)c2C)c(C)c1C.[CH2-]c1ccccc1.[CH3-].[Zr+4]. The van der Waals surface area contributed by atoms with Crippen LogP contribution >= 0.6 is 0 Å². The van der Waals surface area contributed by atoms with Gasteiger partial charge < -0.3 is 23.4 Å². The van der Waals surface area contributed by atoms with E-state index < -0.39 is 8.07 Å². The Balaban J connectivity index is 0.000000956. The van der Waals surface area contributed by atoms with Gasteiger partial charge in [-0.15, -0.1) is 36.6 Å². The van der Waals surface area contributed by atoms with Crippen molar-refractivity contribution in [2.75, 3.05) is 26.2 Å². The van der Waals surface area contributed by atoms with Crippen LogP contribution in [-0.4, -0.2) is 34.3 Å². The Bertz CT molecular complexity index is 1240. The molecule has 0 atom stereocenters. The van der Waals surface area contributed by atoms with Crippen molar-refractivity contribution < 1.29 is 26.2 Å². The third-order valence-corrected chi connectivity index (χ3v) is 13.5. The summed E-state index contributed by atoms with van der Waals surface area (Å²) < 4.78 is 0. The van der Waals surface area contributed by atoms with E-state index in [0.29, 0.717) is 0 Å². The number of rotatable bonds is 9. The largest absolute Gasteiger partial charge is 4.00 e. The molecule has 1 N–H and O–H groups in total. The molecular formula is C42H67N3SiZr. The first-order valence-electron chi connectivity index (χ1n) is 17.2. The van der Waals surface area contributed by atoms with Crippen LogP contribution in [-0.2, 0) is 26.2 Å². The van der Waals surface area contributed by atoms with Gasteiger partial charge in [-0.2, -0.15) is 24.6 Å². The first-order valence-corrected chi connectivity index (χ1v) is 20.7. The summed E-state index contributed by atoms with van der Waals surface area (Å²) in [6.45, 7) is 36.6. The zero-order chi connectivity index (χ0) is 33.9.